The predicted molar refractivity (Wildman–Crippen MR) is 59.0 cm³/mol. The fourth-order valence-electron chi connectivity index (χ4n) is 3.71. The molecule has 0 aromatic heterocycles. The zero-order valence-electron chi connectivity index (χ0n) is 9.79. The summed E-state index contributed by atoms with van der Waals surface area (Å²) in [6, 6.07) is 0. The first-order valence-corrected chi connectivity index (χ1v) is 6.26. The van der Waals surface area contributed by atoms with Crippen LogP contribution in [0.2, 0.25) is 0 Å². The van der Waals surface area contributed by atoms with Crippen molar-refractivity contribution < 1.29 is 5.11 Å². The first-order valence-electron chi connectivity index (χ1n) is 6.26. The summed E-state index contributed by atoms with van der Waals surface area (Å²) in [5.74, 6) is 2.88. The smallest absolute Gasteiger partial charge is 0.0673 e. The minimum Gasteiger partial charge on any atom is -0.390 e. The van der Waals surface area contributed by atoms with Crippen molar-refractivity contribution >= 4 is 0 Å². The van der Waals surface area contributed by atoms with Gasteiger partial charge >= 0.3 is 0 Å². The van der Waals surface area contributed by atoms with Crippen LogP contribution in [0.4, 0.5) is 0 Å². The average Bonchev–Trinajstić information content (AvgIpc) is 2.15. The van der Waals surface area contributed by atoms with Crippen molar-refractivity contribution in [3.05, 3.63) is 0 Å². The number of hydrogen-bond donors (Lipinski definition) is 1. The van der Waals surface area contributed by atoms with Crippen molar-refractivity contribution in [1.82, 2.24) is 0 Å². The monoisotopic (exact) mass is 196 g/mol. The van der Waals surface area contributed by atoms with E-state index in [1.165, 1.54) is 32.1 Å². The lowest BCUT2D eigenvalue weighted by Gasteiger charge is -2.50. The zero-order chi connectivity index (χ0) is 10.3. The molecule has 0 heterocycles. The molecular formula is C13H24O. The van der Waals surface area contributed by atoms with Crippen LogP contribution in [0, 0.1) is 23.7 Å². The first-order chi connectivity index (χ1) is 6.54. The first kappa shape index (κ1) is 10.5. The van der Waals surface area contributed by atoms with Gasteiger partial charge in [0, 0.05) is 0 Å². The molecule has 0 amide bonds. The summed E-state index contributed by atoms with van der Waals surface area (Å²) in [5.41, 5.74) is -0.385. The lowest BCUT2D eigenvalue weighted by Crippen LogP contribution is -2.49. The highest BCUT2D eigenvalue weighted by atomic mass is 16.3. The van der Waals surface area contributed by atoms with E-state index < -0.39 is 0 Å². The Morgan fingerprint density at radius 3 is 2.57 bits per heavy atom. The number of rotatable bonds is 1. The normalized spacial score (nSPS) is 53.1. The summed E-state index contributed by atoms with van der Waals surface area (Å²) >= 11 is 0. The standard InChI is InChI=1S/C13H24O/c1-4-10-6-11-5-9(2)13(3,14)12(7-10)8-11/h9-12,14H,4-8H2,1-3H3. The molecule has 2 bridgehead atoms. The molecule has 1 nitrogen and oxygen atoms in total. The van der Waals surface area contributed by atoms with Gasteiger partial charge in [-0.3, -0.25) is 0 Å². The summed E-state index contributed by atoms with van der Waals surface area (Å²) in [6.45, 7) is 6.59. The van der Waals surface area contributed by atoms with Crippen molar-refractivity contribution in [2.75, 3.05) is 0 Å². The molecule has 0 aromatic carbocycles. The second-order valence-corrected chi connectivity index (χ2v) is 5.91. The summed E-state index contributed by atoms with van der Waals surface area (Å²) in [6.07, 6.45) is 6.53. The molecule has 1 heteroatoms. The van der Waals surface area contributed by atoms with Crippen LogP contribution in [-0.2, 0) is 0 Å². The van der Waals surface area contributed by atoms with Gasteiger partial charge in [0.2, 0.25) is 0 Å². The van der Waals surface area contributed by atoms with Crippen LogP contribution in [0.25, 0.3) is 0 Å². The quantitative estimate of drug-likeness (QED) is 0.682. The highest BCUT2D eigenvalue weighted by Crippen LogP contribution is 2.50. The van der Waals surface area contributed by atoms with E-state index in [9.17, 15) is 5.11 Å². The van der Waals surface area contributed by atoms with Gasteiger partial charge in [-0.05, 0) is 56.3 Å². The molecule has 0 saturated heterocycles. The number of aliphatic hydroxyl groups is 1. The SMILES string of the molecule is CCC1CC2CC(C)C(C)(O)C(C1)C2. The molecule has 5 unspecified atom stereocenters. The summed E-state index contributed by atoms with van der Waals surface area (Å²) in [4.78, 5) is 0. The van der Waals surface area contributed by atoms with Gasteiger partial charge in [-0.25, -0.2) is 0 Å². The third-order valence-electron chi connectivity index (χ3n) is 4.99. The third-order valence-corrected chi connectivity index (χ3v) is 4.99. The molecule has 14 heavy (non-hydrogen) atoms. The third kappa shape index (κ3) is 1.60. The van der Waals surface area contributed by atoms with E-state index in [-0.39, 0.29) is 5.60 Å². The van der Waals surface area contributed by atoms with Crippen LogP contribution in [-0.4, -0.2) is 10.7 Å². The largest absolute Gasteiger partial charge is 0.390 e. The van der Waals surface area contributed by atoms with E-state index in [0.29, 0.717) is 11.8 Å². The van der Waals surface area contributed by atoms with Crippen molar-refractivity contribution in [3.8, 4) is 0 Å². The predicted octanol–water partition coefficient (Wildman–Crippen LogP) is 3.22. The van der Waals surface area contributed by atoms with Crippen LogP contribution < -0.4 is 0 Å². The molecule has 0 aliphatic heterocycles. The molecule has 0 aromatic rings. The maximum atomic E-state index is 10.5. The van der Waals surface area contributed by atoms with E-state index in [1.54, 1.807) is 0 Å². The van der Waals surface area contributed by atoms with E-state index in [0.717, 1.165) is 11.8 Å². The second-order valence-electron chi connectivity index (χ2n) is 5.91. The van der Waals surface area contributed by atoms with Gasteiger partial charge in [-0.15, -0.1) is 0 Å². The van der Waals surface area contributed by atoms with Crippen LogP contribution in [0.3, 0.4) is 0 Å². The molecule has 2 aliphatic carbocycles. The van der Waals surface area contributed by atoms with Crippen molar-refractivity contribution in [3.63, 3.8) is 0 Å². The Morgan fingerprint density at radius 1 is 1.21 bits per heavy atom. The molecule has 2 saturated carbocycles. The van der Waals surface area contributed by atoms with Crippen molar-refractivity contribution in [2.24, 2.45) is 23.7 Å². The topological polar surface area (TPSA) is 20.2 Å². The number of fused-ring (bicyclic) bond motifs is 2. The van der Waals surface area contributed by atoms with Crippen LogP contribution >= 0.6 is 0 Å². The molecule has 5 atom stereocenters. The van der Waals surface area contributed by atoms with Crippen molar-refractivity contribution in [1.29, 1.82) is 0 Å². The van der Waals surface area contributed by atoms with Gasteiger partial charge in [-0.1, -0.05) is 20.3 Å². The Morgan fingerprint density at radius 2 is 1.93 bits per heavy atom. The van der Waals surface area contributed by atoms with Crippen molar-refractivity contribution in [2.45, 2.75) is 58.5 Å². The fourth-order valence-corrected chi connectivity index (χ4v) is 3.71. The minimum atomic E-state index is -0.385. The lowest BCUT2D eigenvalue weighted by atomic mass is 9.58. The van der Waals surface area contributed by atoms with E-state index in [4.69, 9.17) is 0 Å². The average molecular weight is 196 g/mol. The second kappa shape index (κ2) is 3.52. The molecular weight excluding hydrogens is 172 g/mol. The Bertz CT molecular complexity index is 207. The van der Waals surface area contributed by atoms with E-state index >= 15 is 0 Å². The maximum Gasteiger partial charge on any atom is 0.0673 e. The summed E-state index contributed by atoms with van der Waals surface area (Å²) in [7, 11) is 0. The molecule has 82 valence electrons. The molecule has 0 spiro atoms. The number of hydrogen-bond acceptors (Lipinski definition) is 1. The van der Waals surface area contributed by atoms with Crippen LogP contribution in [0.5, 0.6) is 0 Å². The van der Waals surface area contributed by atoms with Crippen LogP contribution in [0.15, 0.2) is 0 Å². The lowest BCUT2D eigenvalue weighted by molar-refractivity contribution is -0.114. The summed E-state index contributed by atoms with van der Waals surface area (Å²) < 4.78 is 0. The molecule has 2 rings (SSSR count). The van der Waals surface area contributed by atoms with E-state index in [1.807, 2.05) is 0 Å². The van der Waals surface area contributed by atoms with Gasteiger partial charge in [0.1, 0.15) is 0 Å². The summed E-state index contributed by atoms with van der Waals surface area (Å²) in [5, 5.41) is 10.5. The minimum absolute atomic E-state index is 0.385. The van der Waals surface area contributed by atoms with Gasteiger partial charge in [0.25, 0.3) is 0 Å². The molecule has 1 N–H and O–H groups in total. The molecule has 2 aliphatic rings. The van der Waals surface area contributed by atoms with E-state index in [2.05, 4.69) is 20.8 Å². The van der Waals surface area contributed by atoms with Gasteiger partial charge < -0.3 is 5.11 Å². The Balaban J connectivity index is 2.13. The van der Waals surface area contributed by atoms with Gasteiger partial charge in [0.15, 0.2) is 0 Å². The highest BCUT2D eigenvalue weighted by molar-refractivity contribution is 4.97. The Hall–Kier alpha value is -0.0400. The van der Waals surface area contributed by atoms with Crippen LogP contribution in [0.1, 0.15) is 52.9 Å². The molecule has 0 radical (unpaired) electrons. The fraction of sp³-hybridized carbons (Fsp3) is 1.00. The maximum absolute atomic E-state index is 10.5. The van der Waals surface area contributed by atoms with Gasteiger partial charge in [-0.2, -0.15) is 0 Å². The Kier molecular flexibility index (Phi) is 2.63. The highest BCUT2D eigenvalue weighted by Gasteiger charge is 2.46. The van der Waals surface area contributed by atoms with Gasteiger partial charge in [0.05, 0.1) is 5.60 Å². The Labute approximate surface area is 87.9 Å². The molecule has 2 fully saturated rings. The zero-order valence-corrected chi connectivity index (χ0v) is 9.79.